The van der Waals surface area contributed by atoms with Crippen LogP contribution in [0.1, 0.15) is 40.4 Å². The zero-order valence-corrected chi connectivity index (χ0v) is 17.0. The Morgan fingerprint density at radius 3 is 2.80 bits per heavy atom. The number of amides is 2. The molecule has 154 valence electrons. The van der Waals surface area contributed by atoms with Gasteiger partial charge in [0, 0.05) is 24.4 Å². The maximum atomic E-state index is 12.9. The number of nitrogens with two attached hydrogens (primary N) is 1. The number of nitrogens with zero attached hydrogens (tertiary/aromatic N) is 2. The normalized spacial score (nSPS) is 16.4. The molecule has 6 heteroatoms. The Hall–Kier alpha value is -3.41. The van der Waals surface area contributed by atoms with E-state index >= 15 is 0 Å². The van der Waals surface area contributed by atoms with Crippen molar-refractivity contribution in [2.45, 2.75) is 25.2 Å². The first-order chi connectivity index (χ1) is 14.5. The standard InChI is InChI=1S/C24H25N3O3/c1-30-19-9-4-6-16(12-19)13-22(28)27-11-5-8-18(15-27)23-20(24(25)29)14-17-7-2-3-10-21(17)26-23/h2-4,6-7,9-10,12,14,18H,5,8,11,13,15H2,1H3,(H2,25,29). The Bertz CT molecular complexity index is 1100. The molecule has 2 amide bonds. The summed E-state index contributed by atoms with van der Waals surface area (Å²) in [6.45, 7) is 1.24. The molecule has 0 radical (unpaired) electrons. The van der Waals surface area contributed by atoms with Gasteiger partial charge >= 0.3 is 0 Å². The molecule has 0 saturated carbocycles. The third-order valence-electron chi connectivity index (χ3n) is 5.67. The molecule has 2 aromatic carbocycles. The van der Waals surface area contributed by atoms with E-state index in [2.05, 4.69) is 0 Å². The summed E-state index contributed by atoms with van der Waals surface area (Å²) in [4.78, 5) is 31.7. The van der Waals surface area contributed by atoms with Gasteiger partial charge in [-0.05, 0) is 42.7 Å². The number of primary amides is 1. The van der Waals surface area contributed by atoms with Crippen LogP contribution in [0.5, 0.6) is 5.75 Å². The van der Waals surface area contributed by atoms with E-state index in [1.807, 2.05) is 59.5 Å². The molecule has 0 spiro atoms. The monoisotopic (exact) mass is 403 g/mol. The van der Waals surface area contributed by atoms with Crippen molar-refractivity contribution in [2.75, 3.05) is 20.2 Å². The molecule has 0 bridgehead atoms. The lowest BCUT2D eigenvalue weighted by Crippen LogP contribution is -2.40. The molecule has 0 aliphatic carbocycles. The summed E-state index contributed by atoms with van der Waals surface area (Å²) >= 11 is 0. The highest BCUT2D eigenvalue weighted by molar-refractivity contribution is 5.97. The van der Waals surface area contributed by atoms with Crippen molar-refractivity contribution >= 4 is 22.7 Å². The number of rotatable bonds is 5. The fourth-order valence-corrected chi connectivity index (χ4v) is 4.14. The van der Waals surface area contributed by atoms with Gasteiger partial charge in [-0.25, -0.2) is 0 Å². The number of ether oxygens (including phenoxy) is 1. The van der Waals surface area contributed by atoms with Crippen LogP contribution >= 0.6 is 0 Å². The van der Waals surface area contributed by atoms with Gasteiger partial charge in [-0.15, -0.1) is 0 Å². The fraction of sp³-hybridized carbons (Fsp3) is 0.292. The van der Waals surface area contributed by atoms with Crippen molar-refractivity contribution in [3.05, 3.63) is 71.4 Å². The van der Waals surface area contributed by atoms with E-state index in [-0.39, 0.29) is 11.8 Å². The Morgan fingerprint density at radius 1 is 1.17 bits per heavy atom. The third kappa shape index (κ3) is 4.13. The summed E-state index contributed by atoms with van der Waals surface area (Å²) in [7, 11) is 1.61. The highest BCUT2D eigenvalue weighted by Crippen LogP contribution is 2.30. The van der Waals surface area contributed by atoms with Crippen LogP contribution in [-0.2, 0) is 11.2 Å². The lowest BCUT2D eigenvalue weighted by Gasteiger charge is -2.33. The minimum atomic E-state index is -0.483. The van der Waals surface area contributed by atoms with Crippen molar-refractivity contribution in [1.82, 2.24) is 9.88 Å². The van der Waals surface area contributed by atoms with E-state index in [1.165, 1.54) is 0 Å². The predicted molar refractivity (Wildman–Crippen MR) is 116 cm³/mol. The molecule has 2 N–H and O–H groups in total. The number of aromatic nitrogens is 1. The second-order valence-electron chi connectivity index (χ2n) is 7.69. The van der Waals surface area contributed by atoms with Crippen molar-refractivity contribution in [3.8, 4) is 5.75 Å². The molecule has 30 heavy (non-hydrogen) atoms. The predicted octanol–water partition coefficient (Wildman–Crippen LogP) is 3.29. The Balaban J connectivity index is 1.57. The number of likely N-dealkylation sites (tertiary alicyclic amines) is 1. The lowest BCUT2D eigenvalue weighted by molar-refractivity contribution is -0.131. The number of carbonyl (C=O) groups is 2. The van der Waals surface area contributed by atoms with Gasteiger partial charge in [-0.1, -0.05) is 30.3 Å². The molecule has 6 nitrogen and oxygen atoms in total. The van der Waals surface area contributed by atoms with Crippen LogP contribution in [0.15, 0.2) is 54.6 Å². The number of piperidine rings is 1. The molecule has 1 aromatic heterocycles. The van der Waals surface area contributed by atoms with Crippen LogP contribution < -0.4 is 10.5 Å². The molecular formula is C24H25N3O3. The molecule has 1 aliphatic heterocycles. The number of fused-ring (bicyclic) bond motifs is 1. The van der Waals surface area contributed by atoms with Gasteiger partial charge in [0.25, 0.3) is 5.91 Å². The van der Waals surface area contributed by atoms with E-state index in [1.54, 1.807) is 7.11 Å². The van der Waals surface area contributed by atoms with Crippen molar-refractivity contribution < 1.29 is 14.3 Å². The average Bonchev–Trinajstić information content (AvgIpc) is 2.78. The van der Waals surface area contributed by atoms with Gasteiger partial charge in [-0.3, -0.25) is 14.6 Å². The number of hydrogen-bond acceptors (Lipinski definition) is 4. The number of hydrogen-bond donors (Lipinski definition) is 1. The first-order valence-electron chi connectivity index (χ1n) is 10.2. The topological polar surface area (TPSA) is 85.5 Å². The van der Waals surface area contributed by atoms with Gasteiger partial charge in [-0.2, -0.15) is 0 Å². The number of pyridine rings is 1. The quantitative estimate of drug-likeness (QED) is 0.708. The van der Waals surface area contributed by atoms with Crippen LogP contribution in [0.2, 0.25) is 0 Å². The van der Waals surface area contributed by atoms with Crippen molar-refractivity contribution in [1.29, 1.82) is 0 Å². The van der Waals surface area contributed by atoms with Crippen LogP contribution in [0, 0.1) is 0 Å². The smallest absolute Gasteiger partial charge is 0.250 e. The van der Waals surface area contributed by atoms with Crippen LogP contribution in [0.4, 0.5) is 0 Å². The van der Waals surface area contributed by atoms with Crippen LogP contribution in [-0.4, -0.2) is 41.9 Å². The zero-order valence-electron chi connectivity index (χ0n) is 17.0. The second kappa shape index (κ2) is 8.53. The fourth-order valence-electron chi connectivity index (χ4n) is 4.14. The van der Waals surface area contributed by atoms with E-state index in [4.69, 9.17) is 15.5 Å². The van der Waals surface area contributed by atoms with Gasteiger partial charge in [0.05, 0.1) is 30.3 Å². The van der Waals surface area contributed by atoms with E-state index in [9.17, 15) is 9.59 Å². The number of methoxy groups -OCH3 is 1. The van der Waals surface area contributed by atoms with Gasteiger partial charge in [0.1, 0.15) is 5.75 Å². The summed E-state index contributed by atoms with van der Waals surface area (Å²) in [5, 5.41) is 0.886. The summed E-state index contributed by atoms with van der Waals surface area (Å²) in [6.07, 6.45) is 2.05. The molecule has 1 saturated heterocycles. The molecular weight excluding hydrogens is 378 g/mol. The van der Waals surface area contributed by atoms with Gasteiger partial charge < -0.3 is 15.4 Å². The second-order valence-corrected chi connectivity index (χ2v) is 7.69. The molecule has 1 unspecified atom stereocenters. The summed E-state index contributed by atoms with van der Waals surface area (Å²) in [6, 6.07) is 17.1. The Labute approximate surface area is 175 Å². The minimum Gasteiger partial charge on any atom is -0.497 e. The molecule has 3 aromatic rings. The van der Waals surface area contributed by atoms with Gasteiger partial charge in [0.15, 0.2) is 0 Å². The highest BCUT2D eigenvalue weighted by Gasteiger charge is 2.28. The molecule has 2 heterocycles. The number of para-hydroxylation sites is 1. The lowest BCUT2D eigenvalue weighted by atomic mass is 9.90. The summed E-state index contributed by atoms with van der Waals surface area (Å²) in [5.41, 5.74) is 8.56. The van der Waals surface area contributed by atoms with Crippen LogP contribution in [0.3, 0.4) is 0 Å². The molecule has 1 fully saturated rings. The molecule has 1 atom stereocenters. The number of carbonyl (C=O) groups excluding carboxylic acids is 2. The van der Waals surface area contributed by atoms with Crippen LogP contribution in [0.25, 0.3) is 10.9 Å². The van der Waals surface area contributed by atoms with E-state index < -0.39 is 5.91 Å². The first-order valence-corrected chi connectivity index (χ1v) is 10.2. The maximum absolute atomic E-state index is 12.9. The first kappa shape index (κ1) is 19.9. The average molecular weight is 403 g/mol. The summed E-state index contributed by atoms with van der Waals surface area (Å²) < 4.78 is 5.25. The zero-order chi connectivity index (χ0) is 21.1. The third-order valence-corrected chi connectivity index (χ3v) is 5.67. The molecule has 4 rings (SSSR count). The van der Waals surface area contributed by atoms with Crippen molar-refractivity contribution in [3.63, 3.8) is 0 Å². The summed E-state index contributed by atoms with van der Waals surface area (Å²) in [5.74, 6) is 0.306. The van der Waals surface area contributed by atoms with Crippen molar-refractivity contribution in [2.24, 2.45) is 5.73 Å². The number of benzene rings is 2. The Kier molecular flexibility index (Phi) is 5.65. The maximum Gasteiger partial charge on any atom is 0.250 e. The Morgan fingerprint density at radius 2 is 2.00 bits per heavy atom. The SMILES string of the molecule is COc1cccc(CC(=O)N2CCCC(c3nc4ccccc4cc3C(N)=O)C2)c1. The van der Waals surface area contributed by atoms with Gasteiger partial charge in [0.2, 0.25) is 5.91 Å². The largest absolute Gasteiger partial charge is 0.497 e. The molecule has 1 aliphatic rings. The van der Waals surface area contributed by atoms with E-state index in [0.717, 1.165) is 35.1 Å². The minimum absolute atomic E-state index is 0.0138. The van der Waals surface area contributed by atoms with E-state index in [0.29, 0.717) is 30.8 Å². The highest BCUT2D eigenvalue weighted by atomic mass is 16.5.